The maximum absolute atomic E-state index is 5.96. The molecule has 0 aromatic heterocycles. The molecule has 0 bridgehead atoms. The number of nitrogens with zero attached hydrogens (tertiary/aromatic N) is 1. The van der Waals surface area contributed by atoms with Gasteiger partial charge in [-0.15, -0.1) is 0 Å². The van der Waals surface area contributed by atoms with E-state index in [4.69, 9.17) is 15.2 Å². The molecule has 14 heavy (non-hydrogen) atoms. The van der Waals surface area contributed by atoms with Crippen LogP contribution in [0, 0.1) is 0 Å². The fourth-order valence-corrected chi connectivity index (χ4v) is 2.51. The molecule has 0 saturated carbocycles. The van der Waals surface area contributed by atoms with Crippen LogP contribution in [0.25, 0.3) is 0 Å². The zero-order valence-corrected chi connectivity index (χ0v) is 11.2. The standard InChI is InChI=1S/C9H19IN2O2/c1-9(2,6-13-3)14-8-5-12(10)4-7(8)11/h7-8H,4-6,11H2,1-3H3. The molecule has 1 aliphatic rings. The Morgan fingerprint density at radius 1 is 1.50 bits per heavy atom. The van der Waals surface area contributed by atoms with Crippen molar-refractivity contribution in [3.05, 3.63) is 0 Å². The molecule has 84 valence electrons. The first-order valence-corrected chi connectivity index (χ1v) is 5.74. The minimum atomic E-state index is -0.251. The second kappa shape index (κ2) is 5.07. The Morgan fingerprint density at radius 3 is 2.57 bits per heavy atom. The number of hydrogen-bond donors (Lipinski definition) is 1. The van der Waals surface area contributed by atoms with Crippen LogP contribution in [0.1, 0.15) is 13.8 Å². The second-order valence-corrected chi connectivity index (χ2v) is 5.71. The maximum atomic E-state index is 5.96. The summed E-state index contributed by atoms with van der Waals surface area (Å²) in [6.07, 6.45) is 0.122. The number of ether oxygens (including phenoxy) is 2. The summed E-state index contributed by atoms with van der Waals surface area (Å²) in [6, 6.07) is 0.114. The van der Waals surface area contributed by atoms with Gasteiger partial charge in [-0.1, -0.05) is 0 Å². The number of hydrogen-bond acceptors (Lipinski definition) is 4. The van der Waals surface area contributed by atoms with E-state index in [9.17, 15) is 0 Å². The average Bonchev–Trinajstić information content (AvgIpc) is 2.28. The van der Waals surface area contributed by atoms with Gasteiger partial charge in [-0.2, -0.15) is 0 Å². The van der Waals surface area contributed by atoms with E-state index in [-0.39, 0.29) is 17.7 Å². The van der Waals surface area contributed by atoms with Crippen molar-refractivity contribution in [2.75, 3.05) is 26.8 Å². The highest BCUT2D eigenvalue weighted by molar-refractivity contribution is 14.1. The van der Waals surface area contributed by atoms with Gasteiger partial charge in [-0.3, -0.25) is 0 Å². The summed E-state index contributed by atoms with van der Waals surface area (Å²) in [4.78, 5) is 0. The molecule has 1 fully saturated rings. The van der Waals surface area contributed by atoms with Gasteiger partial charge in [0.05, 0.1) is 18.3 Å². The van der Waals surface area contributed by atoms with Gasteiger partial charge in [0.15, 0.2) is 0 Å². The Kier molecular flexibility index (Phi) is 4.57. The number of methoxy groups -OCH3 is 1. The van der Waals surface area contributed by atoms with Crippen molar-refractivity contribution >= 4 is 22.9 Å². The lowest BCUT2D eigenvalue weighted by Crippen LogP contribution is -2.43. The Bertz CT molecular complexity index is 190. The van der Waals surface area contributed by atoms with Crippen LogP contribution in [0.2, 0.25) is 0 Å². The van der Waals surface area contributed by atoms with E-state index in [1.165, 1.54) is 0 Å². The SMILES string of the molecule is COCC(C)(C)OC1CN(I)CC1N. The number of nitrogens with two attached hydrogens (primary N) is 1. The van der Waals surface area contributed by atoms with E-state index in [1.54, 1.807) is 7.11 Å². The molecule has 0 aromatic carbocycles. The quantitative estimate of drug-likeness (QED) is 0.616. The van der Waals surface area contributed by atoms with Crippen LogP contribution in [0.5, 0.6) is 0 Å². The fraction of sp³-hybridized carbons (Fsp3) is 1.00. The smallest absolute Gasteiger partial charge is 0.0881 e. The summed E-state index contributed by atoms with van der Waals surface area (Å²) in [5, 5.41) is 0. The van der Waals surface area contributed by atoms with Crippen molar-refractivity contribution in [2.24, 2.45) is 5.73 Å². The Hall–Kier alpha value is 0.570. The van der Waals surface area contributed by atoms with Crippen LogP contribution in [0.3, 0.4) is 0 Å². The van der Waals surface area contributed by atoms with Crippen LogP contribution >= 0.6 is 22.9 Å². The van der Waals surface area contributed by atoms with Gasteiger partial charge < -0.3 is 15.2 Å². The topological polar surface area (TPSA) is 47.7 Å². The van der Waals surface area contributed by atoms with Crippen molar-refractivity contribution in [1.82, 2.24) is 3.11 Å². The van der Waals surface area contributed by atoms with Gasteiger partial charge in [0.1, 0.15) is 0 Å². The molecule has 0 aromatic rings. The zero-order chi connectivity index (χ0) is 10.8. The van der Waals surface area contributed by atoms with Gasteiger partial charge in [0.2, 0.25) is 0 Å². The molecule has 1 heterocycles. The number of halogens is 1. The molecule has 0 aliphatic carbocycles. The molecule has 2 N–H and O–H groups in total. The van der Waals surface area contributed by atoms with Crippen LogP contribution in [-0.4, -0.2) is 47.7 Å². The molecule has 4 nitrogen and oxygen atoms in total. The summed E-state index contributed by atoms with van der Waals surface area (Å²) in [5.41, 5.74) is 5.71. The van der Waals surface area contributed by atoms with Crippen LogP contribution < -0.4 is 5.73 Å². The van der Waals surface area contributed by atoms with Crippen molar-refractivity contribution < 1.29 is 9.47 Å². The first kappa shape index (κ1) is 12.6. The van der Waals surface area contributed by atoms with E-state index in [2.05, 4.69) is 26.0 Å². The lowest BCUT2D eigenvalue weighted by molar-refractivity contribution is -0.103. The Morgan fingerprint density at radius 2 is 2.14 bits per heavy atom. The first-order valence-electron chi connectivity index (χ1n) is 4.77. The van der Waals surface area contributed by atoms with Crippen molar-refractivity contribution in [2.45, 2.75) is 31.6 Å². The molecule has 2 unspecified atom stereocenters. The van der Waals surface area contributed by atoms with Crippen LogP contribution in [0.4, 0.5) is 0 Å². The predicted molar refractivity (Wildman–Crippen MR) is 64.4 cm³/mol. The van der Waals surface area contributed by atoms with E-state index in [0.29, 0.717) is 6.61 Å². The monoisotopic (exact) mass is 314 g/mol. The minimum Gasteiger partial charge on any atom is -0.382 e. The van der Waals surface area contributed by atoms with Crippen LogP contribution in [-0.2, 0) is 9.47 Å². The van der Waals surface area contributed by atoms with Gasteiger partial charge in [0.25, 0.3) is 0 Å². The van der Waals surface area contributed by atoms with Crippen molar-refractivity contribution in [1.29, 1.82) is 0 Å². The third-order valence-electron chi connectivity index (χ3n) is 2.23. The van der Waals surface area contributed by atoms with Gasteiger partial charge in [0, 0.05) is 49.1 Å². The highest BCUT2D eigenvalue weighted by atomic mass is 127. The van der Waals surface area contributed by atoms with Gasteiger partial charge in [-0.25, -0.2) is 3.11 Å². The molecular formula is C9H19IN2O2. The van der Waals surface area contributed by atoms with Gasteiger partial charge >= 0.3 is 0 Å². The van der Waals surface area contributed by atoms with Gasteiger partial charge in [-0.05, 0) is 13.8 Å². The summed E-state index contributed by atoms with van der Waals surface area (Å²) >= 11 is 2.28. The largest absolute Gasteiger partial charge is 0.382 e. The summed E-state index contributed by atoms with van der Waals surface area (Å²) in [7, 11) is 1.68. The molecule has 0 radical (unpaired) electrons. The molecule has 1 rings (SSSR count). The third kappa shape index (κ3) is 3.62. The molecule has 1 aliphatic heterocycles. The van der Waals surface area contributed by atoms with E-state index < -0.39 is 0 Å². The Labute approximate surface area is 99.6 Å². The zero-order valence-electron chi connectivity index (χ0n) is 9.00. The second-order valence-electron chi connectivity index (χ2n) is 4.34. The fourth-order valence-electron chi connectivity index (χ4n) is 1.67. The molecular weight excluding hydrogens is 295 g/mol. The minimum absolute atomic E-state index is 0.114. The van der Waals surface area contributed by atoms with E-state index in [0.717, 1.165) is 13.1 Å². The van der Waals surface area contributed by atoms with Crippen LogP contribution in [0.15, 0.2) is 0 Å². The lowest BCUT2D eigenvalue weighted by atomic mass is 10.1. The first-order chi connectivity index (χ1) is 6.44. The molecule has 1 saturated heterocycles. The number of rotatable bonds is 4. The maximum Gasteiger partial charge on any atom is 0.0881 e. The third-order valence-corrected chi connectivity index (χ3v) is 3.01. The predicted octanol–water partition coefficient (Wildman–Crippen LogP) is 0.790. The Balaban J connectivity index is 2.43. The normalized spacial score (nSPS) is 29.8. The average molecular weight is 314 g/mol. The van der Waals surface area contributed by atoms with E-state index >= 15 is 0 Å². The summed E-state index contributed by atoms with van der Waals surface area (Å²) < 4.78 is 13.2. The highest BCUT2D eigenvalue weighted by Gasteiger charge is 2.34. The van der Waals surface area contributed by atoms with E-state index in [1.807, 2.05) is 13.8 Å². The molecule has 5 heteroatoms. The summed E-state index contributed by atoms with van der Waals surface area (Å²) in [5.74, 6) is 0. The molecule has 2 atom stereocenters. The lowest BCUT2D eigenvalue weighted by Gasteiger charge is -2.29. The molecule has 0 spiro atoms. The summed E-state index contributed by atoms with van der Waals surface area (Å²) in [6.45, 7) is 6.44. The highest BCUT2D eigenvalue weighted by Crippen LogP contribution is 2.21. The van der Waals surface area contributed by atoms with Crippen molar-refractivity contribution in [3.63, 3.8) is 0 Å². The van der Waals surface area contributed by atoms with Crippen molar-refractivity contribution in [3.8, 4) is 0 Å². The molecule has 0 amide bonds.